The van der Waals surface area contributed by atoms with Gasteiger partial charge in [0.15, 0.2) is 0 Å². The predicted molar refractivity (Wildman–Crippen MR) is 118 cm³/mol. The molecule has 0 spiro atoms. The highest BCUT2D eigenvalue weighted by Crippen LogP contribution is 2.30. The smallest absolute Gasteiger partial charge is 0.331 e. The Balaban J connectivity index is 1.66. The van der Waals surface area contributed by atoms with E-state index < -0.39 is 5.69 Å². The van der Waals surface area contributed by atoms with Gasteiger partial charge in [-0.2, -0.15) is 0 Å². The second-order valence-corrected chi connectivity index (χ2v) is 8.38. The summed E-state index contributed by atoms with van der Waals surface area (Å²) in [5, 5.41) is 3.53. The molecule has 1 aliphatic rings. The Hall–Kier alpha value is -3.15. The van der Waals surface area contributed by atoms with E-state index in [1.807, 2.05) is 18.2 Å². The number of benzene rings is 2. The summed E-state index contributed by atoms with van der Waals surface area (Å²) in [6.45, 7) is 4.34. The Morgan fingerprint density at radius 1 is 1.07 bits per heavy atom. The second-order valence-electron chi connectivity index (χ2n) is 8.38. The topological polar surface area (TPSA) is 73.1 Å². The van der Waals surface area contributed by atoms with Crippen LogP contribution in [0.2, 0.25) is 0 Å². The molecular formula is C24H27N3O3. The van der Waals surface area contributed by atoms with Crippen LogP contribution in [0.1, 0.15) is 43.9 Å². The highest BCUT2D eigenvalue weighted by molar-refractivity contribution is 5.82. The molecule has 3 aromatic rings. The lowest BCUT2D eigenvalue weighted by Gasteiger charge is -2.17. The number of aromatic nitrogens is 2. The van der Waals surface area contributed by atoms with Crippen LogP contribution in [0.5, 0.6) is 0 Å². The summed E-state index contributed by atoms with van der Waals surface area (Å²) >= 11 is 0. The number of fused-ring (bicyclic) bond motifs is 2. The molecule has 0 fully saturated rings. The number of nitrogens with zero attached hydrogens (tertiary/aromatic N) is 2. The number of para-hydroxylation sites is 1. The first-order valence-corrected chi connectivity index (χ1v) is 10.5. The van der Waals surface area contributed by atoms with Crippen molar-refractivity contribution in [3.63, 3.8) is 0 Å². The first-order valence-electron chi connectivity index (χ1n) is 10.5. The third kappa shape index (κ3) is 3.82. The van der Waals surface area contributed by atoms with Gasteiger partial charge in [0.25, 0.3) is 5.56 Å². The monoisotopic (exact) mass is 405 g/mol. The molecule has 4 rings (SSSR count). The fourth-order valence-corrected chi connectivity index (χ4v) is 4.20. The average molecular weight is 405 g/mol. The molecule has 1 N–H and O–H groups in total. The number of hydrogen-bond donors (Lipinski definition) is 1. The number of hydrogen-bond acceptors (Lipinski definition) is 3. The molecule has 30 heavy (non-hydrogen) atoms. The zero-order chi connectivity index (χ0) is 21.3. The van der Waals surface area contributed by atoms with Crippen molar-refractivity contribution < 1.29 is 4.79 Å². The van der Waals surface area contributed by atoms with Crippen molar-refractivity contribution in [1.29, 1.82) is 0 Å². The van der Waals surface area contributed by atoms with E-state index in [0.29, 0.717) is 23.4 Å². The van der Waals surface area contributed by atoms with Crippen LogP contribution in [0.15, 0.2) is 58.1 Å². The summed E-state index contributed by atoms with van der Waals surface area (Å²) in [6, 6.07) is 15.1. The Kier molecular flexibility index (Phi) is 5.57. The van der Waals surface area contributed by atoms with Crippen molar-refractivity contribution in [2.75, 3.05) is 0 Å². The van der Waals surface area contributed by atoms with Gasteiger partial charge in [-0.25, -0.2) is 4.79 Å². The Bertz CT molecular complexity index is 1210. The van der Waals surface area contributed by atoms with Crippen LogP contribution in [-0.4, -0.2) is 15.0 Å². The molecule has 0 radical (unpaired) electrons. The van der Waals surface area contributed by atoms with Gasteiger partial charge in [-0.15, -0.1) is 0 Å². The van der Waals surface area contributed by atoms with Crippen LogP contribution in [-0.2, 0) is 24.3 Å². The van der Waals surface area contributed by atoms with Crippen molar-refractivity contribution in [1.82, 2.24) is 14.5 Å². The van der Waals surface area contributed by atoms with E-state index in [2.05, 4.69) is 25.2 Å². The van der Waals surface area contributed by atoms with Crippen LogP contribution in [0.25, 0.3) is 10.9 Å². The number of aryl methyl sites for hydroxylation is 1. The van der Waals surface area contributed by atoms with Crippen LogP contribution in [0.4, 0.5) is 0 Å². The summed E-state index contributed by atoms with van der Waals surface area (Å²) in [5.74, 6) is 0.139. The summed E-state index contributed by atoms with van der Waals surface area (Å²) < 4.78 is 2.69. The second kappa shape index (κ2) is 8.30. The normalized spacial score (nSPS) is 15.5. The van der Waals surface area contributed by atoms with Crippen LogP contribution in [0, 0.1) is 5.92 Å². The molecule has 6 nitrogen and oxygen atoms in total. The van der Waals surface area contributed by atoms with E-state index in [-0.39, 0.29) is 24.1 Å². The number of rotatable bonds is 6. The molecule has 1 aliphatic carbocycles. The Morgan fingerprint density at radius 2 is 1.80 bits per heavy atom. The largest absolute Gasteiger partial charge is 0.348 e. The van der Waals surface area contributed by atoms with E-state index in [4.69, 9.17) is 0 Å². The van der Waals surface area contributed by atoms with Gasteiger partial charge in [-0.05, 0) is 48.4 Å². The molecule has 0 saturated carbocycles. The lowest BCUT2D eigenvalue weighted by Crippen LogP contribution is -2.43. The van der Waals surface area contributed by atoms with E-state index >= 15 is 0 Å². The summed E-state index contributed by atoms with van der Waals surface area (Å²) in [4.78, 5) is 38.9. The van der Waals surface area contributed by atoms with E-state index in [1.165, 1.54) is 14.7 Å². The van der Waals surface area contributed by atoms with Crippen molar-refractivity contribution >= 4 is 16.8 Å². The van der Waals surface area contributed by atoms with Gasteiger partial charge in [0.1, 0.15) is 6.54 Å². The van der Waals surface area contributed by atoms with Gasteiger partial charge in [0.05, 0.1) is 16.9 Å². The fourth-order valence-electron chi connectivity index (χ4n) is 4.20. The van der Waals surface area contributed by atoms with E-state index in [9.17, 15) is 14.4 Å². The van der Waals surface area contributed by atoms with E-state index in [0.717, 1.165) is 24.8 Å². The molecule has 0 bridgehead atoms. The molecule has 1 atom stereocenters. The first-order chi connectivity index (χ1) is 14.5. The number of amides is 1. The van der Waals surface area contributed by atoms with Crippen molar-refractivity contribution in [3.05, 3.63) is 80.5 Å². The van der Waals surface area contributed by atoms with Gasteiger partial charge in [0, 0.05) is 6.54 Å². The lowest BCUT2D eigenvalue weighted by atomic mass is 10.1. The fraction of sp³-hybridized carbons (Fsp3) is 0.375. The molecule has 0 aliphatic heterocycles. The Labute approximate surface area is 175 Å². The maximum atomic E-state index is 13.1. The molecule has 1 amide bonds. The van der Waals surface area contributed by atoms with E-state index in [1.54, 1.807) is 24.3 Å². The van der Waals surface area contributed by atoms with Gasteiger partial charge in [-0.3, -0.25) is 18.7 Å². The van der Waals surface area contributed by atoms with Crippen LogP contribution < -0.4 is 16.6 Å². The Morgan fingerprint density at radius 3 is 2.60 bits per heavy atom. The van der Waals surface area contributed by atoms with Gasteiger partial charge >= 0.3 is 5.69 Å². The highest BCUT2D eigenvalue weighted by atomic mass is 16.2. The standard InChI is InChI=1S/C24H27N3O3/c1-16(2)13-14-26-23(29)19-9-5-6-10-21(19)27(24(26)30)15-22(28)25-20-12-11-17-7-3-4-8-18(17)20/h3-10,16,20H,11-15H2,1-2H3,(H,25,28)/t20-/m1/s1. The van der Waals surface area contributed by atoms with Crippen LogP contribution in [0.3, 0.4) is 0 Å². The molecule has 1 heterocycles. The van der Waals surface area contributed by atoms with Gasteiger partial charge in [0.2, 0.25) is 5.91 Å². The number of carbonyl (C=O) groups is 1. The molecule has 6 heteroatoms. The quantitative estimate of drug-likeness (QED) is 0.685. The molecular weight excluding hydrogens is 378 g/mol. The molecule has 1 aromatic heterocycles. The zero-order valence-electron chi connectivity index (χ0n) is 17.4. The molecule has 0 unspecified atom stereocenters. The van der Waals surface area contributed by atoms with Gasteiger partial charge < -0.3 is 5.32 Å². The third-order valence-corrected chi connectivity index (χ3v) is 5.83. The molecule has 2 aromatic carbocycles. The third-order valence-electron chi connectivity index (χ3n) is 5.83. The minimum absolute atomic E-state index is 0.0393. The summed E-state index contributed by atoms with van der Waals surface area (Å²) in [7, 11) is 0. The first kappa shape index (κ1) is 20.1. The summed E-state index contributed by atoms with van der Waals surface area (Å²) in [5.41, 5.74) is 2.17. The van der Waals surface area contributed by atoms with Crippen molar-refractivity contribution in [2.45, 2.75) is 52.2 Å². The lowest BCUT2D eigenvalue weighted by molar-refractivity contribution is -0.122. The number of nitrogens with one attached hydrogen (secondary N) is 1. The maximum absolute atomic E-state index is 13.1. The zero-order valence-corrected chi connectivity index (χ0v) is 17.4. The molecule has 0 saturated heterocycles. The highest BCUT2D eigenvalue weighted by Gasteiger charge is 2.24. The van der Waals surface area contributed by atoms with Gasteiger partial charge in [-0.1, -0.05) is 50.2 Å². The van der Waals surface area contributed by atoms with Crippen molar-refractivity contribution in [2.24, 2.45) is 5.92 Å². The maximum Gasteiger partial charge on any atom is 0.331 e. The number of carbonyl (C=O) groups excluding carboxylic acids is 1. The van der Waals surface area contributed by atoms with Crippen molar-refractivity contribution in [3.8, 4) is 0 Å². The SMILES string of the molecule is CC(C)CCn1c(=O)c2ccccc2n(CC(=O)N[C@@H]2CCc3ccccc32)c1=O. The summed E-state index contributed by atoms with van der Waals surface area (Å²) in [6.07, 6.45) is 2.51. The van der Waals surface area contributed by atoms with Crippen LogP contribution >= 0.6 is 0 Å². The minimum Gasteiger partial charge on any atom is -0.348 e. The predicted octanol–water partition coefficient (Wildman–Crippen LogP) is 3.01. The molecule has 156 valence electrons. The minimum atomic E-state index is -0.429. The average Bonchev–Trinajstić information content (AvgIpc) is 3.14.